The van der Waals surface area contributed by atoms with Crippen molar-refractivity contribution in [3.63, 3.8) is 0 Å². The fraction of sp³-hybridized carbons (Fsp3) is 0.692. The van der Waals surface area contributed by atoms with Crippen LogP contribution in [-0.2, 0) is 10.0 Å². The molecule has 2 unspecified atom stereocenters. The summed E-state index contributed by atoms with van der Waals surface area (Å²) in [6, 6.07) is -0.00805. The summed E-state index contributed by atoms with van der Waals surface area (Å²) in [7, 11) is -3.57. The Kier molecular flexibility index (Phi) is 4.59. The van der Waals surface area contributed by atoms with Gasteiger partial charge >= 0.3 is 0 Å². The molecule has 7 heteroatoms. The number of rotatable bonds is 4. The van der Waals surface area contributed by atoms with Crippen molar-refractivity contribution in [2.75, 3.05) is 5.73 Å². The number of hydrogen-bond acceptors (Lipinski definition) is 5. The van der Waals surface area contributed by atoms with Gasteiger partial charge in [-0.15, -0.1) is 0 Å². The van der Waals surface area contributed by atoms with E-state index in [0.717, 1.165) is 19.3 Å². The molecule has 6 nitrogen and oxygen atoms in total. The van der Waals surface area contributed by atoms with E-state index in [1.807, 2.05) is 0 Å². The second-order valence-corrected chi connectivity index (χ2v) is 7.41. The highest BCUT2D eigenvalue weighted by Crippen LogP contribution is 2.31. The minimum Gasteiger partial charge on any atom is -0.368 e. The van der Waals surface area contributed by atoms with Gasteiger partial charge in [-0.1, -0.05) is 26.7 Å². The molecule has 1 aromatic rings. The van der Waals surface area contributed by atoms with Crippen molar-refractivity contribution in [2.45, 2.75) is 50.5 Å². The van der Waals surface area contributed by atoms with E-state index in [-0.39, 0.29) is 16.9 Å². The van der Waals surface area contributed by atoms with Crippen molar-refractivity contribution in [2.24, 2.45) is 11.8 Å². The highest BCUT2D eigenvalue weighted by atomic mass is 32.2. The van der Waals surface area contributed by atoms with Crippen molar-refractivity contribution in [1.82, 2.24) is 14.7 Å². The van der Waals surface area contributed by atoms with Crippen LogP contribution in [0, 0.1) is 11.8 Å². The number of nitrogens with one attached hydrogen (secondary N) is 1. The molecule has 20 heavy (non-hydrogen) atoms. The molecule has 2 atom stereocenters. The van der Waals surface area contributed by atoms with Crippen molar-refractivity contribution >= 4 is 16.0 Å². The van der Waals surface area contributed by atoms with Crippen LogP contribution in [0.5, 0.6) is 0 Å². The van der Waals surface area contributed by atoms with E-state index in [2.05, 4.69) is 28.5 Å². The molecule has 1 aliphatic carbocycles. The third-order valence-corrected chi connectivity index (χ3v) is 5.39. The van der Waals surface area contributed by atoms with Crippen LogP contribution >= 0.6 is 0 Å². The van der Waals surface area contributed by atoms with E-state index in [1.54, 1.807) is 0 Å². The minimum atomic E-state index is -3.57. The predicted molar refractivity (Wildman–Crippen MR) is 77.3 cm³/mol. The van der Waals surface area contributed by atoms with E-state index in [0.29, 0.717) is 11.8 Å². The van der Waals surface area contributed by atoms with Crippen LogP contribution in [0.25, 0.3) is 0 Å². The molecule has 1 aliphatic rings. The maximum absolute atomic E-state index is 12.3. The summed E-state index contributed by atoms with van der Waals surface area (Å²) < 4.78 is 27.5. The lowest BCUT2D eigenvalue weighted by Gasteiger charge is -2.34. The van der Waals surface area contributed by atoms with Gasteiger partial charge in [0.2, 0.25) is 16.0 Å². The first-order chi connectivity index (χ1) is 9.40. The van der Waals surface area contributed by atoms with Gasteiger partial charge in [-0.3, -0.25) is 0 Å². The van der Waals surface area contributed by atoms with Crippen LogP contribution in [0.15, 0.2) is 17.3 Å². The number of nitrogens with zero attached hydrogens (tertiary/aromatic N) is 2. The Hall–Kier alpha value is -1.21. The Bertz CT molecular complexity index is 542. The maximum atomic E-state index is 12.3. The third-order valence-electron chi connectivity index (χ3n) is 3.94. The maximum Gasteiger partial charge on any atom is 0.243 e. The van der Waals surface area contributed by atoms with Gasteiger partial charge in [-0.2, -0.15) is 0 Å². The summed E-state index contributed by atoms with van der Waals surface area (Å²) in [5.74, 6) is 0.917. The van der Waals surface area contributed by atoms with Crippen LogP contribution in [-0.4, -0.2) is 24.4 Å². The summed E-state index contributed by atoms with van der Waals surface area (Å²) in [5.41, 5.74) is 5.38. The Balaban J connectivity index is 2.16. The molecule has 0 saturated heterocycles. The van der Waals surface area contributed by atoms with Gasteiger partial charge in [0, 0.05) is 6.04 Å². The fourth-order valence-corrected chi connectivity index (χ4v) is 4.05. The predicted octanol–water partition coefficient (Wildman–Crippen LogP) is 1.55. The van der Waals surface area contributed by atoms with E-state index in [4.69, 9.17) is 5.73 Å². The lowest BCUT2D eigenvalue weighted by Crippen LogP contribution is -2.43. The van der Waals surface area contributed by atoms with Crippen LogP contribution in [0.3, 0.4) is 0 Å². The average Bonchev–Trinajstić information content (AvgIpc) is 2.39. The number of nitrogen functional groups attached to an aromatic ring is 1. The molecule has 0 bridgehead atoms. The normalized spacial score (nSPS) is 23.9. The van der Waals surface area contributed by atoms with Crippen LogP contribution in [0.4, 0.5) is 5.95 Å². The van der Waals surface area contributed by atoms with Crippen LogP contribution in [0.2, 0.25) is 0 Å². The van der Waals surface area contributed by atoms with Crippen molar-refractivity contribution in [3.8, 4) is 0 Å². The molecular formula is C13H22N4O2S. The second kappa shape index (κ2) is 6.05. The zero-order chi connectivity index (χ0) is 14.8. The molecule has 112 valence electrons. The quantitative estimate of drug-likeness (QED) is 0.879. The molecule has 1 fully saturated rings. The summed E-state index contributed by atoms with van der Waals surface area (Å²) in [6.07, 6.45) is 6.69. The highest BCUT2D eigenvalue weighted by Gasteiger charge is 2.31. The highest BCUT2D eigenvalue weighted by molar-refractivity contribution is 7.89. The minimum absolute atomic E-state index is 0.00805. The first kappa shape index (κ1) is 15.2. The summed E-state index contributed by atoms with van der Waals surface area (Å²) in [5, 5.41) is 0. The van der Waals surface area contributed by atoms with Crippen LogP contribution in [0.1, 0.15) is 39.5 Å². The topological polar surface area (TPSA) is 98.0 Å². The lowest BCUT2D eigenvalue weighted by atomic mass is 9.78. The molecule has 0 aliphatic heterocycles. The van der Waals surface area contributed by atoms with E-state index in [1.165, 1.54) is 18.8 Å². The Morgan fingerprint density at radius 1 is 1.25 bits per heavy atom. The molecule has 3 N–H and O–H groups in total. The molecule has 1 heterocycles. The standard InChI is InChI=1S/C13H22N4O2S/c1-9(2)11-5-3-4-6-12(11)17-20(18,19)10-7-15-13(14)16-8-10/h7-9,11-12,17H,3-6H2,1-2H3,(H2,14,15,16). The van der Waals surface area contributed by atoms with Gasteiger partial charge in [0.1, 0.15) is 4.90 Å². The van der Waals surface area contributed by atoms with Gasteiger partial charge < -0.3 is 5.73 Å². The van der Waals surface area contributed by atoms with Gasteiger partial charge in [-0.25, -0.2) is 23.1 Å². The Morgan fingerprint density at radius 3 is 2.45 bits per heavy atom. The van der Waals surface area contributed by atoms with E-state index in [9.17, 15) is 8.42 Å². The van der Waals surface area contributed by atoms with Gasteiger partial charge in [-0.05, 0) is 24.7 Å². The van der Waals surface area contributed by atoms with E-state index < -0.39 is 10.0 Å². The number of nitrogens with two attached hydrogens (primary N) is 1. The summed E-state index contributed by atoms with van der Waals surface area (Å²) in [6.45, 7) is 4.28. The lowest BCUT2D eigenvalue weighted by molar-refractivity contribution is 0.226. The van der Waals surface area contributed by atoms with Gasteiger partial charge in [0.05, 0.1) is 12.4 Å². The van der Waals surface area contributed by atoms with Crippen molar-refractivity contribution in [3.05, 3.63) is 12.4 Å². The number of aromatic nitrogens is 2. The molecule has 0 spiro atoms. The Morgan fingerprint density at radius 2 is 1.85 bits per heavy atom. The first-order valence-electron chi connectivity index (χ1n) is 7.00. The number of sulfonamides is 1. The molecule has 1 saturated carbocycles. The molecule has 0 amide bonds. The molecule has 2 rings (SSSR count). The first-order valence-corrected chi connectivity index (χ1v) is 8.48. The molecule has 0 radical (unpaired) electrons. The number of hydrogen-bond donors (Lipinski definition) is 2. The van der Waals surface area contributed by atoms with Gasteiger partial charge in [0.25, 0.3) is 0 Å². The molecule has 1 aromatic heterocycles. The molecule has 0 aromatic carbocycles. The second-order valence-electron chi connectivity index (χ2n) is 5.70. The largest absolute Gasteiger partial charge is 0.368 e. The third kappa shape index (κ3) is 3.46. The fourth-order valence-electron chi connectivity index (χ4n) is 2.84. The zero-order valence-electron chi connectivity index (χ0n) is 11.9. The molecular weight excluding hydrogens is 276 g/mol. The Labute approximate surface area is 120 Å². The van der Waals surface area contributed by atoms with Gasteiger partial charge in [0.15, 0.2) is 0 Å². The monoisotopic (exact) mass is 298 g/mol. The van der Waals surface area contributed by atoms with E-state index >= 15 is 0 Å². The smallest absolute Gasteiger partial charge is 0.243 e. The summed E-state index contributed by atoms with van der Waals surface area (Å²) in [4.78, 5) is 7.55. The average molecular weight is 298 g/mol. The summed E-state index contributed by atoms with van der Waals surface area (Å²) >= 11 is 0. The zero-order valence-corrected chi connectivity index (χ0v) is 12.7. The van der Waals surface area contributed by atoms with Crippen LogP contribution < -0.4 is 10.5 Å². The number of anilines is 1. The van der Waals surface area contributed by atoms with Crippen molar-refractivity contribution in [1.29, 1.82) is 0 Å². The van der Waals surface area contributed by atoms with Crippen molar-refractivity contribution < 1.29 is 8.42 Å². The SMILES string of the molecule is CC(C)C1CCCCC1NS(=O)(=O)c1cnc(N)nc1.